The van der Waals surface area contributed by atoms with Crippen LogP contribution in [0.25, 0.3) is 0 Å². The summed E-state index contributed by atoms with van der Waals surface area (Å²) in [6, 6.07) is 11.4. The number of benzene rings is 2. The molecule has 1 N–H and O–H groups in total. The highest BCUT2D eigenvalue weighted by Gasteiger charge is 2.16. The van der Waals surface area contributed by atoms with Crippen LogP contribution < -0.4 is 5.32 Å². The Morgan fingerprint density at radius 3 is 2.52 bits per heavy atom. The Hall–Kier alpha value is -1.92. The third-order valence-corrected chi connectivity index (χ3v) is 3.62. The predicted molar refractivity (Wildman–Crippen MR) is 83.4 cm³/mol. The van der Waals surface area contributed by atoms with E-state index >= 15 is 0 Å². The molecule has 7 heteroatoms. The summed E-state index contributed by atoms with van der Waals surface area (Å²) in [5.41, 5.74) is 0.839. The lowest BCUT2D eigenvalue weighted by molar-refractivity contribution is -0.384. The lowest BCUT2D eigenvalue weighted by atomic mass is 10.1. The fraction of sp³-hybridized carbons (Fsp3) is 0.0714. The van der Waals surface area contributed by atoms with Crippen molar-refractivity contribution in [2.75, 3.05) is 0 Å². The van der Waals surface area contributed by atoms with E-state index in [-0.39, 0.29) is 16.3 Å². The second kappa shape index (κ2) is 6.69. The van der Waals surface area contributed by atoms with Gasteiger partial charge in [-0.2, -0.15) is 0 Å². The molecule has 0 saturated carbocycles. The van der Waals surface area contributed by atoms with E-state index in [4.69, 9.17) is 11.6 Å². The van der Waals surface area contributed by atoms with E-state index in [1.807, 2.05) is 24.3 Å². The molecule has 0 radical (unpaired) electrons. The van der Waals surface area contributed by atoms with Crippen molar-refractivity contribution in [3.63, 3.8) is 0 Å². The van der Waals surface area contributed by atoms with Gasteiger partial charge in [-0.05, 0) is 29.8 Å². The Bertz CT molecular complexity index is 689. The molecule has 0 aliphatic rings. The number of nitrogens with one attached hydrogen (secondary N) is 1. The first-order chi connectivity index (χ1) is 9.97. The number of rotatable bonds is 4. The third-order valence-electron chi connectivity index (χ3n) is 2.77. The monoisotopic (exact) mass is 368 g/mol. The van der Waals surface area contributed by atoms with Crippen LogP contribution in [-0.4, -0.2) is 10.8 Å². The lowest BCUT2D eigenvalue weighted by Crippen LogP contribution is -2.22. The van der Waals surface area contributed by atoms with Crippen molar-refractivity contribution in [3.8, 4) is 0 Å². The summed E-state index contributed by atoms with van der Waals surface area (Å²) in [5, 5.41) is 13.5. The molecular weight excluding hydrogens is 360 g/mol. The van der Waals surface area contributed by atoms with Crippen molar-refractivity contribution in [3.05, 3.63) is 73.2 Å². The number of carbonyl (C=O) groups excluding carboxylic acids is 1. The van der Waals surface area contributed by atoms with Crippen LogP contribution >= 0.6 is 27.5 Å². The third kappa shape index (κ3) is 4.03. The van der Waals surface area contributed by atoms with Gasteiger partial charge in [-0.3, -0.25) is 14.9 Å². The van der Waals surface area contributed by atoms with Gasteiger partial charge in [0.25, 0.3) is 11.6 Å². The first-order valence-corrected chi connectivity index (χ1v) is 7.11. The minimum atomic E-state index is -0.617. The molecule has 5 nitrogen and oxygen atoms in total. The van der Waals surface area contributed by atoms with E-state index in [1.54, 1.807) is 0 Å². The smallest absolute Gasteiger partial charge is 0.288 e. The van der Waals surface area contributed by atoms with Gasteiger partial charge in [-0.15, -0.1) is 0 Å². The fourth-order valence-electron chi connectivity index (χ4n) is 1.68. The predicted octanol–water partition coefficient (Wildman–Crippen LogP) is 3.94. The van der Waals surface area contributed by atoms with Crippen LogP contribution in [0.5, 0.6) is 0 Å². The maximum absolute atomic E-state index is 12.0. The number of nitrogens with zero attached hydrogens (tertiary/aromatic N) is 1. The molecule has 0 spiro atoms. The Morgan fingerprint density at radius 2 is 1.90 bits per heavy atom. The zero-order valence-corrected chi connectivity index (χ0v) is 13.0. The highest BCUT2D eigenvalue weighted by molar-refractivity contribution is 9.10. The molecule has 0 atom stereocenters. The van der Waals surface area contributed by atoms with Crippen molar-refractivity contribution in [1.29, 1.82) is 0 Å². The molecule has 2 rings (SSSR count). The van der Waals surface area contributed by atoms with E-state index in [1.165, 1.54) is 18.2 Å². The van der Waals surface area contributed by atoms with Gasteiger partial charge in [0.2, 0.25) is 0 Å². The second-order valence-corrected chi connectivity index (χ2v) is 5.56. The van der Waals surface area contributed by atoms with Gasteiger partial charge in [0.1, 0.15) is 5.02 Å². The molecule has 0 aliphatic carbocycles. The van der Waals surface area contributed by atoms with Crippen molar-refractivity contribution in [2.24, 2.45) is 0 Å². The van der Waals surface area contributed by atoms with E-state index in [0.717, 1.165) is 10.0 Å². The molecule has 0 bridgehead atoms. The van der Waals surface area contributed by atoms with Crippen LogP contribution in [-0.2, 0) is 6.54 Å². The number of nitro groups is 1. The summed E-state index contributed by atoms with van der Waals surface area (Å²) in [6.45, 7) is 0.336. The van der Waals surface area contributed by atoms with Crippen LogP contribution in [0, 0.1) is 10.1 Å². The van der Waals surface area contributed by atoms with Crippen molar-refractivity contribution >= 4 is 39.1 Å². The molecule has 2 aromatic rings. The van der Waals surface area contributed by atoms with Crippen LogP contribution in [0.15, 0.2) is 46.9 Å². The summed E-state index contributed by atoms with van der Waals surface area (Å²) in [7, 11) is 0. The highest BCUT2D eigenvalue weighted by Crippen LogP contribution is 2.25. The van der Waals surface area contributed by atoms with Gasteiger partial charge in [0.15, 0.2) is 0 Å². The van der Waals surface area contributed by atoms with Crippen LogP contribution in [0.2, 0.25) is 5.02 Å². The molecule has 0 heterocycles. The molecule has 2 aromatic carbocycles. The van der Waals surface area contributed by atoms with Gasteiger partial charge in [0.05, 0.1) is 4.92 Å². The summed E-state index contributed by atoms with van der Waals surface area (Å²) in [6.07, 6.45) is 0. The molecule has 1 amide bonds. The quantitative estimate of drug-likeness (QED) is 0.655. The second-order valence-electron chi connectivity index (χ2n) is 4.23. The van der Waals surface area contributed by atoms with E-state index in [9.17, 15) is 14.9 Å². The maximum Gasteiger partial charge on any atom is 0.288 e. The number of carbonyl (C=O) groups is 1. The average molecular weight is 370 g/mol. The average Bonchev–Trinajstić information content (AvgIpc) is 2.46. The lowest BCUT2D eigenvalue weighted by Gasteiger charge is -2.06. The van der Waals surface area contributed by atoms with Gasteiger partial charge in [-0.25, -0.2) is 0 Å². The summed E-state index contributed by atoms with van der Waals surface area (Å²) < 4.78 is 0.950. The molecule has 108 valence electrons. The number of hydrogen-bond acceptors (Lipinski definition) is 3. The van der Waals surface area contributed by atoms with E-state index in [0.29, 0.717) is 6.54 Å². The van der Waals surface area contributed by atoms with Gasteiger partial charge < -0.3 is 5.32 Å². The first-order valence-electron chi connectivity index (χ1n) is 5.94. The molecule has 0 aliphatic heterocycles. The van der Waals surface area contributed by atoms with E-state index in [2.05, 4.69) is 21.2 Å². The van der Waals surface area contributed by atoms with Crippen LogP contribution in [0.3, 0.4) is 0 Å². The molecule has 0 saturated heterocycles. The highest BCUT2D eigenvalue weighted by atomic mass is 79.9. The Balaban J connectivity index is 2.08. The summed E-state index contributed by atoms with van der Waals surface area (Å²) >= 11 is 9.03. The number of nitro benzene ring substituents is 1. The van der Waals surface area contributed by atoms with Crippen molar-refractivity contribution in [1.82, 2.24) is 5.32 Å². The molecule has 21 heavy (non-hydrogen) atoms. The number of amides is 1. The number of halogens is 2. The summed E-state index contributed by atoms with van der Waals surface area (Å²) in [5.74, 6) is -0.391. The fourth-order valence-corrected chi connectivity index (χ4v) is 2.13. The first kappa shape index (κ1) is 15.5. The zero-order valence-electron chi connectivity index (χ0n) is 10.7. The van der Waals surface area contributed by atoms with Crippen molar-refractivity contribution < 1.29 is 9.72 Å². The normalized spacial score (nSPS) is 10.2. The molecular formula is C14H10BrClN2O3. The molecule has 0 fully saturated rings. The SMILES string of the molecule is O=C(NCc1ccc(Br)cc1)c1ccc(Cl)c([N+](=O)[O-])c1. The van der Waals surface area contributed by atoms with Crippen LogP contribution in [0.1, 0.15) is 15.9 Å². The molecule has 0 aromatic heterocycles. The van der Waals surface area contributed by atoms with Gasteiger partial charge in [-0.1, -0.05) is 39.7 Å². The van der Waals surface area contributed by atoms with Gasteiger partial charge >= 0.3 is 0 Å². The Labute approximate surface area is 134 Å². The minimum Gasteiger partial charge on any atom is -0.348 e. The maximum atomic E-state index is 12.0. The van der Waals surface area contributed by atoms with Crippen LogP contribution in [0.4, 0.5) is 5.69 Å². The standard InChI is InChI=1S/C14H10BrClN2O3/c15-11-4-1-9(2-5-11)8-17-14(19)10-3-6-12(16)13(7-10)18(20)21/h1-7H,8H2,(H,17,19). The van der Waals surface area contributed by atoms with Crippen molar-refractivity contribution in [2.45, 2.75) is 6.54 Å². The Kier molecular flexibility index (Phi) is 4.93. The largest absolute Gasteiger partial charge is 0.348 e. The van der Waals surface area contributed by atoms with E-state index < -0.39 is 10.8 Å². The summed E-state index contributed by atoms with van der Waals surface area (Å²) in [4.78, 5) is 22.2. The Morgan fingerprint density at radius 1 is 1.24 bits per heavy atom. The topological polar surface area (TPSA) is 72.2 Å². The minimum absolute atomic E-state index is 0.00413. The van der Waals surface area contributed by atoms with Gasteiger partial charge in [0, 0.05) is 22.6 Å². The zero-order chi connectivity index (χ0) is 15.4. The molecule has 0 unspecified atom stereocenters. The number of hydrogen-bond donors (Lipinski definition) is 1.